The van der Waals surface area contributed by atoms with Gasteiger partial charge in [-0.25, -0.2) is 4.98 Å². The molecule has 1 fully saturated rings. The number of benzene rings is 1. The molecular formula is C23H32ClN3O3Si. The summed E-state index contributed by atoms with van der Waals surface area (Å²) < 4.78 is 6.87. The molecule has 1 aromatic heterocycles. The van der Waals surface area contributed by atoms with Gasteiger partial charge in [0, 0.05) is 30.4 Å². The Morgan fingerprint density at radius 2 is 1.90 bits per heavy atom. The van der Waals surface area contributed by atoms with E-state index >= 15 is 0 Å². The van der Waals surface area contributed by atoms with Crippen LogP contribution in [-0.4, -0.2) is 30.3 Å². The van der Waals surface area contributed by atoms with Crippen LogP contribution in [-0.2, 0) is 10.8 Å². The Morgan fingerprint density at radius 3 is 2.45 bits per heavy atom. The molecule has 0 bridgehead atoms. The minimum atomic E-state index is -2.01. The van der Waals surface area contributed by atoms with Crippen molar-refractivity contribution in [3.63, 3.8) is 0 Å². The second kappa shape index (κ2) is 9.36. The fourth-order valence-corrected chi connectivity index (χ4v) is 5.12. The van der Waals surface area contributed by atoms with Gasteiger partial charge in [0.05, 0.1) is 11.0 Å². The average molecular weight is 462 g/mol. The van der Waals surface area contributed by atoms with Crippen molar-refractivity contribution >= 4 is 25.6 Å². The SMILES string of the molecule is CC(C)(C)[Si](C)(C)OC(c1ccc(Cl)nc1)[C@H]1CC[C@H](Cc2ccc([N+](=O)[O-])cc2)N1. The van der Waals surface area contributed by atoms with Crippen LogP contribution in [0.2, 0.25) is 23.3 Å². The summed E-state index contributed by atoms with van der Waals surface area (Å²) in [5, 5.41) is 15.2. The smallest absolute Gasteiger partial charge is 0.269 e. The van der Waals surface area contributed by atoms with E-state index in [4.69, 9.17) is 16.0 Å². The summed E-state index contributed by atoms with van der Waals surface area (Å²) in [4.78, 5) is 14.8. The Kier molecular flexibility index (Phi) is 7.20. The Hall–Kier alpha value is -1.80. The van der Waals surface area contributed by atoms with E-state index in [1.165, 1.54) is 0 Å². The van der Waals surface area contributed by atoms with E-state index in [2.05, 4.69) is 44.2 Å². The normalized spacial score (nSPS) is 20.6. The monoisotopic (exact) mass is 461 g/mol. The van der Waals surface area contributed by atoms with Crippen LogP contribution in [0.4, 0.5) is 5.69 Å². The van der Waals surface area contributed by atoms with Crippen molar-refractivity contribution in [2.24, 2.45) is 0 Å². The van der Waals surface area contributed by atoms with Crippen molar-refractivity contribution in [1.82, 2.24) is 10.3 Å². The highest BCUT2D eigenvalue weighted by molar-refractivity contribution is 6.74. The lowest BCUT2D eigenvalue weighted by Crippen LogP contribution is -2.46. The van der Waals surface area contributed by atoms with E-state index in [1.54, 1.807) is 12.1 Å². The number of nitro groups is 1. The highest BCUT2D eigenvalue weighted by Gasteiger charge is 2.42. The van der Waals surface area contributed by atoms with E-state index in [9.17, 15) is 10.1 Å². The lowest BCUT2D eigenvalue weighted by Gasteiger charge is -2.41. The van der Waals surface area contributed by atoms with E-state index in [1.807, 2.05) is 30.5 Å². The first-order valence-electron chi connectivity index (χ1n) is 10.7. The molecule has 1 aliphatic rings. The van der Waals surface area contributed by atoms with E-state index in [0.29, 0.717) is 11.2 Å². The van der Waals surface area contributed by atoms with Gasteiger partial charge in [-0.15, -0.1) is 0 Å². The highest BCUT2D eigenvalue weighted by atomic mass is 35.5. The molecule has 8 heteroatoms. The molecule has 1 aliphatic heterocycles. The van der Waals surface area contributed by atoms with Crippen LogP contribution in [0.3, 0.4) is 0 Å². The van der Waals surface area contributed by atoms with Crippen molar-refractivity contribution < 1.29 is 9.35 Å². The van der Waals surface area contributed by atoms with Gasteiger partial charge in [0.15, 0.2) is 8.32 Å². The van der Waals surface area contributed by atoms with E-state index < -0.39 is 8.32 Å². The molecule has 1 unspecified atom stereocenters. The number of hydrogen-bond donors (Lipinski definition) is 1. The Morgan fingerprint density at radius 1 is 1.23 bits per heavy atom. The zero-order chi connectivity index (χ0) is 22.8. The van der Waals surface area contributed by atoms with E-state index in [0.717, 1.165) is 30.4 Å². The molecule has 0 radical (unpaired) electrons. The van der Waals surface area contributed by atoms with Gasteiger partial charge in [0.2, 0.25) is 0 Å². The number of rotatable bonds is 7. The first-order chi connectivity index (χ1) is 14.5. The molecule has 2 heterocycles. The van der Waals surface area contributed by atoms with Crippen LogP contribution in [0.5, 0.6) is 0 Å². The summed E-state index contributed by atoms with van der Waals surface area (Å²) in [6, 6.07) is 11.2. The maximum Gasteiger partial charge on any atom is 0.269 e. The maximum atomic E-state index is 10.9. The first-order valence-corrected chi connectivity index (χ1v) is 14.0. The second-order valence-corrected chi connectivity index (χ2v) is 15.0. The zero-order valence-corrected chi connectivity index (χ0v) is 20.6. The van der Waals surface area contributed by atoms with Gasteiger partial charge in [-0.3, -0.25) is 10.1 Å². The van der Waals surface area contributed by atoms with Crippen LogP contribution in [0.25, 0.3) is 0 Å². The largest absolute Gasteiger partial charge is 0.408 e. The van der Waals surface area contributed by atoms with Crippen LogP contribution in [0.15, 0.2) is 42.6 Å². The summed E-state index contributed by atoms with van der Waals surface area (Å²) in [6.07, 6.45) is 4.60. The molecule has 1 saturated heterocycles. The number of hydrogen-bond acceptors (Lipinski definition) is 5. The summed E-state index contributed by atoms with van der Waals surface area (Å²) in [7, 11) is -2.01. The molecule has 31 heavy (non-hydrogen) atoms. The Labute approximate surface area is 190 Å². The van der Waals surface area contributed by atoms with Crippen molar-refractivity contribution in [3.8, 4) is 0 Å². The molecule has 0 amide bonds. The maximum absolute atomic E-state index is 10.9. The van der Waals surface area contributed by atoms with Gasteiger partial charge in [0.25, 0.3) is 5.69 Å². The van der Waals surface area contributed by atoms with Crippen LogP contribution < -0.4 is 5.32 Å². The summed E-state index contributed by atoms with van der Waals surface area (Å²) in [5.41, 5.74) is 2.26. The van der Waals surface area contributed by atoms with Gasteiger partial charge in [-0.2, -0.15) is 0 Å². The average Bonchev–Trinajstić information content (AvgIpc) is 3.14. The third-order valence-corrected chi connectivity index (χ3v) is 11.3. The number of nitrogens with one attached hydrogen (secondary N) is 1. The summed E-state index contributed by atoms with van der Waals surface area (Å²) in [6.45, 7) is 11.3. The predicted molar refractivity (Wildman–Crippen MR) is 127 cm³/mol. The van der Waals surface area contributed by atoms with Crippen LogP contribution in [0, 0.1) is 10.1 Å². The molecule has 1 aromatic carbocycles. The molecule has 3 atom stereocenters. The van der Waals surface area contributed by atoms with Crippen molar-refractivity contribution in [2.45, 2.75) is 76.4 Å². The second-order valence-electron chi connectivity index (χ2n) is 9.89. The minimum Gasteiger partial charge on any atom is -0.408 e. The fourth-order valence-electron chi connectivity index (χ4n) is 3.72. The molecule has 0 spiro atoms. The van der Waals surface area contributed by atoms with Crippen molar-refractivity contribution in [1.29, 1.82) is 0 Å². The number of non-ortho nitro benzene ring substituents is 1. The van der Waals surface area contributed by atoms with Crippen molar-refractivity contribution in [2.75, 3.05) is 0 Å². The summed E-state index contributed by atoms with van der Waals surface area (Å²) >= 11 is 6.02. The quantitative estimate of drug-likeness (QED) is 0.234. The molecule has 6 nitrogen and oxygen atoms in total. The number of pyridine rings is 1. The van der Waals surface area contributed by atoms with Gasteiger partial charge in [0.1, 0.15) is 5.15 Å². The summed E-state index contributed by atoms with van der Waals surface area (Å²) in [5.74, 6) is 0. The van der Waals surface area contributed by atoms with Gasteiger partial charge in [-0.05, 0) is 54.6 Å². The molecule has 2 aromatic rings. The van der Waals surface area contributed by atoms with Gasteiger partial charge >= 0.3 is 0 Å². The number of aromatic nitrogens is 1. The lowest BCUT2D eigenvalue weighted by atomic mass is 10.0. The topological polar surface area (TPSA) is 77.3 Å². The Bertz CT molecular complexity index is 898. The molecular weight excluding hydrogens is 430 g/mol. The fraction of sp³-hybridized carbons (Fsp3) is 0.522. The molecule has 168 valence electrons. The Balaban J connectivity index is 1.75. The van der Waals surface area contributed by atoms with Gasteiger partial charge in [-0.1, -0.05) is 50.6 Å². The third-order valence-electron chi connectivity index (χ3n) is 6.58. The minimum absolute atomic E-state index is 0.0903. The molecule has 0 aliphatic carbocycles. The van der Waals surface area contributed by atoms with Crippen molar-refractivity contribution in [3.05, 3.63) is 69.0 Å². The lowest BCUT2D eigenvalue weighted by molar-refractivity contribution is -0.384. The molecule has 0 saturated carbocycles. The predicted octanol–water partition coefficient (Wildman–Crippen LogP) is 6.07. The number of halogens is 1. The van der Waals surface area contributed by atoms with Crippen LogP contribution in [0.1, 0.15) is 50.8 Å². The molecule has 1 N–H and O–H groups in total. The zero-order valence-electron chi connectivity index (χ0n) is 18.9. The third kappa shape index (κ3) is 5.92. The van der Waals surface area contributed by atoms with Crippen LogP contribution >= 0.6 is 11.6 Å². The highest BCUT2D eigenvalue weighted by Crippen LogP contribution is 2.42. The van der Waals surface area contributed by atoms with E-state index in [-0.39, 0.29) is 27.8 Å². The standard InChI is InChI=1S/C23H32ClN3O3Si/c1-23(2,3)31(4,5)30-22(17-8-13-21(24)25-15-17)20-12-9-18(26-20)14-16-6-10-19(11-7-16)27(28)29/h6-8,10-11,13,15,18,20,22,26H,9,12,14H2,1-5H3/t18-,20-,22?/m1/s1. The van der Waals surface area contributed by atoms with Gasteiger partial charge < -0.3 is 9.74 Å². The number of nitrogens with zero attached hydrogens (tertiary/aromatic N) is 2. The first kappa shape index (κ1) is 23.9. The molecule has 3 rings (SSSR count). The number of nitro benzene ring substituents is 1.